The Labute approximate surface area is 196 Å². The number of aryl methyl sites for hydroxylation is 2. The Morgan fingerprint density at radius 1 is 1.24 bits per heavy atom. The molecule has 7 nitrogen and oxygen atoms in total. The van der Waals surface area contributed by atoms with Crippen molar-refractivity contribution in [3.63, 3.8) is 0 Å². The number of fused-ring (bicyclic) bond motifs is 1. The summed E-state index contributed by atoms with van der Waals surface area (Å²) in [4.78, 5) is 34.5. The minimum absolute atomic E-state index is 0.0734. The van der Waals surface area contributed by atoms with E-state index in [0.717, 1.165) is 42.9 Å². The average molecular weight is 451 g/mol. The largest absolute Gasteiger partial charge is 0.467 e. The van der Waals surface area contributed by atoms with Gasteiger partial charge in [-0.1, -0.05) is 36.4 Å². The van der Waals surface area contributed by atoms with E-state index in [9.17, 15) is 9.59 Å². The van der Waals surface area contributed by atoms with Crippen LogP contribution >= 0.6 is 0 Å². The molecule has 3 heterocycles. The monoisotopic (exact) mass is 450 g/mol. The van der Waals surface area contributed by atoms with Gasteiger partial charge in [0, 0.05) is 37.8 Å². The van der Waals surface area contributed by atoms with Gasteiger partial charge in [-0.15, -0.1) is 0 Å². The van der Waals surface area contributed by atoms with Crippen molar-refractivity contribution < 1.29 is 14.3 Å². The molecule has 2 aromatic rings. The van der Waals surface area contributed by atoms with Gasteiger partial charge in [-0.3, -0.25) is 9.69 Å². The van der Waals surface area contributed by atoms with Crippen LogP contribution in [0.3, 0.4) is 0 Å². The number of nitrogens with one attached hydrogen (secondary N) is 1. The number of amides is 1. The molecular weight excluding hydrogens is 416 g/mol. The lowest BCUT2D eigenvalue weighted by Gasteiger charge is -2.40. The summed E-state index contributed by atoms with van der Waals surface area (Å²) in [5.41, 5.74) is 2.18. The fourth-order valence-corrected chi connectivity index (χ4v) is 4.98. The van der Waals surface area contributed by atoms with Gasteiger partial charge in [0.1, 0.15) is 11.4 Å². The van der Waals surface area contributed by atoms with Crippen molar-refractivity contribution in [2.24, 2.45) is 0 Å². The van der Waals surface area contributed by atoms with Gasteiger partial charge in [0.15, 0.2) is 0 Å². The molecule has 2 aliphatic heterocycles. The lowest BCUT2D eigenvalue weighted by atomic mass is 9.89. The van der Waals surface area contributed by atoms with Gasteiger partial charge >= 0.3 is 5.97 Å². The van der Waals surface area contributed by atoms with Gasteiger partial charge in [-0.25, -0.2) is 9.78 Å². The fourth-order valence-electron chi connectivity index (χ4n) is 4.98. The van der Waals surface area contributed by atoms with Gasteiger partial charge in [-0.2, -0.15) is 0 Å². The second-order valence-electron chi connectivity index (χ2n) is 9.16. The highest BCUT2D eigenvalue weighted by molar-refractivity contribution is 5.82. The van der Waals surface area contributed by atoms with Crippen molar-refractivity contribution in [1.82, 2.24) is 14.8 Å². The van der Waals surface area contributed by atoms with Crippen LogP contribution in [0.4, 0.5) is 5.82 Å². The molecule has 33 heavy (non-hydrogen) atoms. The number of pyridine rings is 1. The number of hydrogen-bond donors (Lipinski definition) is 1. The van der Waals surface area contributed by atoms with Gasteiger partial charge in [0.05, 0.1) is 7.11 Å². The zero-order valence-electron chi connectivity index (χ0n) is 19.8. The van der Waals surface area contributed by atoms with Gasteiger partial charge in [-0.05, 0) is 56.8 Å². The molecule has 0 radical (unpaired) electrons. The summed E-state index contributed by atoms with van der Waals surface area (Å²) in [6.07, 6.45) is 4.09. The Hall–Kier alpha value is -2.93. The first-order valence-corrected chi connectivity index (χ1v) is 11.8. The molecule has 1 aromatic heterocycles. The standard InChI is InChI=1S/C26H34N4O3/c1-26(25(32)33-3,20-9-5-4-6-10-20)29(2)22-15-17-30(18-22)23(31)14-13-21-12-11-19-8-7-16-27-24(19)28-21/h4-6,9-12,22H,7-8,13-18H2,1-3H3,(H,27,28)/t22-,26-/m1/s1. The van der Waals surface area contributed by atoms with E-state index in [0.29, 0.717) is 25.9 Å². The maximum atomic E-state index is 13.0. The summed E-state index contributed by atoms with van der Waals surface area (Å²) in [6, 6.07) is 13.9. The Balaban J connectivity index is 1.38. The van der Waals surface area contributed by atoms with Crippen LogP contribution in [0.1, 0.15) is 43.0 Å². The molecule has 2 aliphatic rings. The third-order valence-electron chi connectivity index (χ3n) is 7.23. The normalized spacial score (nSPS) is 19.5. The van der Waals surface area contributed by atoms with E-state index in [1.165, 1.54) is 12.7 Å². The summed E-state index contributed by atoms with van der Waals surface area (Å²) in [5, 5.41) is 3.36. The molecule has 1 N–H and O–H groups in total. The Morgan fingerprint density at radius 3 is 2.79 bits per heavy atom. The van der Waals surface area contributed by atoms with Crippen molar-refractivity contribution in [2.45, 2.75) is 50.6 Å². The zero-order chi connectivity index (χ0) is 23.4. The maximum absolute atomic E-state index is 13.0. The quantitative estimate of drug-likeness (QED) is 0.654. The van der Waals surface area contributed by atoms with Gasteiger partial charge in [0.2, 0.25) is 5.91 Å². The van der Waals surface area contributed by atoms with Crippen molar-refractivity contribution in [3.8, 4) is 0 Å². The second kappa shape index (κ2) is 9.91. The number of esters is 1. The van der Waals surface area contributed by atoms with E-state index in [4.69, 9.17) is 9.72 Å². The number of carbonyl (C=O) groups is 2. The molecule has 176 valence electrons. The molecule has 1 fully saturated rings. The first kappa shape index (κ1) is 23.2. The van der Waals surface area contributed by atoms with Crippen molar-refractivity contribution in [2.75, 3.05) is 39.1 Å². The van der Waals surface area contributed by atoms with E-state index in [-0.39, 0.29) is 17.9 Å². The molecule has 1 amide bonds. The molecule has 0 unspecified atom stereocenters. The smallest absolute Gasteiger partial charge is 0.330 e. The number of benzene rings is 1. The molecule has 1 saturated heterocycles. The van der Waals surface area contributed by atoms with Crippen LogP contribution in [-0.4, -0.2) is 66.5 Å². The number of rotatable bonds is 7. The lowest BCUT2D eigenvalue weighted by molar-refractivity contribution is -0.155. The number of aromatic nitrogens is 1. The molecule has 0 spiro atoms. The van der Waals surface area contributed by atoms with Crippen LogP contribution in [0.15, 0.2) is 42.5 Å². The molecule has 0 aliphatic carbocycles. The lowest BCUT2D eigenvalue weighted by Crippen LogP contribution is -2.53. The molecule has 0 bridgehead atoms. The summed E-state index contributed by atoms with van der Waals surface area (Å²) in [6.45, 7) is 4.15. The highest BCUT2D eigenvalue weighted by Crippen LogP contribution is 2.33. The number of ether oxygens (including phenoxy) is 1. The first-order chi connectivity index (χ1) is 15.9. The number of likely N-dealkylation sites (tertiary alicyclic amines) is 1. The number of likely N-dealkylation sites (N-methyl/N-ethyl adjacent to an activating group) is 1. The van der Waals surface area contributed by atoms with E-state index in [2.05, 4.69) is 16.3 Å². The summed E-state index contributed by atoms with van der Waals surface area (Å²) in [7, 11) is 3.37. The number of anilines is 1. The molecular formula is C26H34N4O3. The van der Waals surface area contributed by atoms with E-state index < -0.39 is 5.54 Å². The highest BCUT2D eigenvalue weighted by Gasteiger charge is 2.45. The topological polar surface area (TPSA) is 74.8 Å². The number of hydrogen-bond acceptors (Lipinski definition) is 6. The van der Waals surface area contributed by atoms with E-state index >= 15 is 0 Å². The Morgan fingerprint density at radius 2 is 2.03 bits per heavy atom. The first-order valence-electron chi connectivity index (χ1n) is 11.8. The van der Waals surface area contributed by atoms with Crippen LogP contribution in [0.5, 0.6) is 0 Å². The van der Waals surface area contributed by atoms with Crippen molar-refractivity contribution >= 4 is 17.7 Å². The third-order valence-corrected chi connectivity index (χ3v) is 7.23. The van der Waals surface area contributed by atoms with Crippen LogP contribution < -0.4 is 5.32 Å². The van der Waals surface area contributed by atoms with Crippen LogP contribution in [0, 0.1) is 0 Å². The number of carbonyl (C=O) groups excluding carboxylic acids is 2. The summed E-state index contributed by atoms with van der Waals surface area (Å²) in [5.74, 6) is 0.808. The number of nitrogens with zero attached hydrogens (tertiary/aromatic N) is 3. The molecule has 1 aromatic carbocycles. The van der Waals surface area contributed by atoms with Gasteiger partial charge < -0.3 is 15.0 Å². The molecule has 7 heteroatoms. The Kier molecular flexibility index (Phi) is 6.98. The predicted molar refractivity (Wildman–Crippen MR) is 128 cm³/mol. The van der Waals surface area contributed by atoms with Crippen molar-refractivity contribution in [1.29, 1.82) is 0 Å². The Bertz CT molecular complexity index is 996. The molecule has 2 atom stereocenters. The fraction of sp³-hybridized carbons (Fsp3) is 0.500. The third kappa shape index (κ3) is 4.74. The van der Waals surface area contributed by atoms with Crippen molar-refractivity contribution in [3.05, 3.63) is 59.3 Å². The summed E-state index contributed by atoms with van der Waals surface area (Å²) >= 11 is 0. The van der Waals surface area contributed by atoms with E-state index in [1.54, 1.807) is 0 Å². The highest BCUT2D eigenvalue weighted by atomic mass is 16.5. The zero-order valence-corrected chi connectivity index (χ0v) is 19.8. The maximum Gasteiger partial charge on any atom is 0.330 e. The van der Waals surface area contributed by atoms with E-state index in [1.807, 2.05) is 55.3 Å². The predicted octanol–water partition coefficient (Wildman–Crippen LogP) is 2.99. The second-order valence-corrected chi connectivity index (χ2v) is 9.16. The van der Waals surface area contributed by atoms with Crippen LogP contribution in [0.2, 0.25) is 0 Å². The molecule has 4 rings (SSSR count). The minimum Gasteiger partial charge on any atom is -0.467 e. The van der Waals surface area contributed by atoms with Crippen LogP contribution in [-0.2, 0) is 32.7 Å². The van der Waals surface area contributed by atoms with Gasteiger partial charge in [0.25, 0.3) is 0 Å². The minimum atomic E-state index is -0.917. The average Bonchev–Trinajstić information content (AvgIpc) is 3.36. The summed E-state index contributed by atoms with van der Waals surface area (Å²) < 4.78 is 5.18. The molecule has 0 saturated carbocycles. The number of methoxy groups -OCH3 is 1. The SMILES string of the molecule is COC(=O)[C@@](C)(c1ccccc1)N(C)[C@@H]1CCN(C(=O)CCc2ccc3c(n2)NCCC3)C1. The van der Waals surface area contributed by atoms with Crippen LogP contribution in [0.25, 0.3) is 0 Å².